The SMILES string of the molecule is CCOC(=O)C(=O)N(C)c1ccc(Cl)cc1. The van der Waals surface area contributed by atoms with Gasteiger partial charge in [0.1, 0.15) is 0 Å². The molecule has 0 radical (unpaired) electrons. The van der Waals surface area contributed by atoms with Crippen molar-refractivity contribution in [2.45, 2.75) is 6.92 Å². The molecule has 0 atom stereocenters. The lowest BCUT2D eigenvalue weighted by atomic mass is 10.3. The van der Waals surface area contributed by atoms with Crippen LogP contribution in [0.25, 0.3) is 0 Å². The fourth-order valence-corrected chi connectivity index (χ4v) is 1.24. The minimum absolute atomic E-state index is 0.180. The lowest BCUT2D eigenvalue weighted by Gasteiger charge is -2.15. The van der Waals surface area contributed by atoms with Crippen LogP contribution in [-0.4, -0.2) is 25.5 Å². The monoisotopic (exact) mass is 241 g/mol. The highest BCUT2D eigenvalue weighted by atomic mass is 35.5. The van der Waals surface area contributed by atoms with E-state index in [1.807, 2.05) is 0 Å². The van der Waals surface area contributed by atoms with Gasteiger partial charge in [-0.3, -0.25) is 4.79 Å². The third kappa shape index (κ3) is 2.97. The molecular weight excluding hydrogens is 230 g/mol. The Bertz CT molecular complexity index is 389. The van der Waals surface area contributed by atoms with Crippen LogP contribution in [0.4, 0.5) is 5.69 Å². The maximum absolute atomic E-state index is 11.5. The molecular formula is C11H12ClNO3. The van der Waals surface area contributed by atoms with Crippen molar-refractivity contribution in [1.29, 1.82) is 0 Å². The number of hydrogen-bond donors (Lipinski definition) is 0. The predicted molar refractivity (Wildman–Crippen MR) is 61.5 cm³/mol. The highest BCUT2D eigenvalue weighted by molar-refractivity contribution is 6.38. The van der Waals surface area contributed by atoms with E-state index < -0.39 is 11.9 Å². The zero-order chi connectivity index (χ0) is 12.1. The van der Waals surface area contributed by atoms with E-state index >= 15 is 0 Å². The van der Waals surface area contributed by atoms with E-state index in [1.54, 1.807) is 31.2 Å². The van der Waals surface area contributed by atoms with Crippen LogP contribution in [0.15, 0.2) is 24.3 Å². The number of amides is 1. The van der Waals surface area contributed by atoms with Gasteiger partial charge in [-0.15, -0.1) is 0 Å². The van der Waals surface area contributed by atoms with Crippen molar-refractivity contribution < 1.29 is 14.3 Å². The quantitative estimate of drug-likeness (QED) is 0.587. The summed E-state index contributed by atoms with van der Waals surface area (Å²) in [5, 5.41) is 0.570. The number of likely N-dealkylation sites (N-methyl/N-ethyl adjacent to an activating group) is 1. The molecule has 0 aliphatic heterocycles. The third-order valence-electron chi connectivity index (χ3n) is 1.97. The van der Waals surface area contributed by atoms with Crippen LogP contribution < -0.4 is 4.90 Å². The third-order valence-corrected chi connectivity index (χ3v) is 2.22. The molecule has 0 spiro atoms. The van der Waals surface area contributed by atoms with Crippen molar-refractivity contribution in [2.75, 3.05) is 18.6 Å². The second-order valence-electron chi connectivity index (χ2n) is 3.06. The molecule has 1 aromatic rings. The summed E-state index contributed by atoms with van der Waals surface area (Å²) in [4.78, 5) is 23.9. The van der Waals surface area contributed by atoms with Crippen LogP contribution in [-0.2, 0) is 14.3 Å². The number of nitrogens with zero attached hydrogens (tertiary/aromatic N) is 1. The largest absolute Gasteiger partial charge is 0.459 e. The highest BCUT2D eigenvalue weighted by Gasteiger charge is 2.20. The molecule has 1 amide bonds. The van der Waals surface area contributed by atoms with E-state index in [0.29, 0.717) is 10.7 Å². The molecule has 4 nitrogen and oxygen atoms in total. The van der Waals surface area contributed by atoms with E-state index in [-0.39, 0.29) is 6.61 Å². The molecule has 0 aromatic heterocycles. The van der Waals surface area contributed by atoms with Crippen molar-refractivity contribution in [2.24, 2.45) is 0 Å². The number of esters is 1. The molecule has 0 bridgehead atoms. The standard InChI is InChI=1S/C11H12ClNO3/c1-3-16-11(15)10(14)13(2)9-6-4-8(12)5-7-9/h4-7H,3H2,1-2H3. The first kappa shape index (κ1) is 12.5. The van der Waals surface area contributed by atoms with Crippen LogP contribution in [0.1, 0.15) is 6.92 Å². The molecule has 0 N–H and O–H groups in total. The Kier molecular flexibility index (Phi) is 4.31. The molecule has 0 aliphatic rings. The van der Waals surface area contributed by atoms with Gasteiger partial charge in [-0.05, 0) is 31.2 Å². The first-order chi connectivity index (χ1) is 7.56. The zero-order valence-corrected chi connectivity index (χ0v) is 9.82. The second kappa shape index (κ2) is 5.51. The van der Waals surface area contributed by atoms with E-state index in [0.717, 1.165) is 0 Å². The Morgan fingerprint density at radius 1 is 1.31 bits per heavy atom. The first-order valence-electron chi connectivity index (χ1n) is 4.76. The molecule has 5 heteroatoms. The van der Waals surface area contributed by atoms with Crippen LogP contribution >= 0.6 is 11.6 Å². The summed E-state index contributed by atoms with van der Waals surface area (Å²) < 4.78 is 4.61. The lowest BCUT2D eigenvalue weighted by Crippen LogP contribution is -2.34. The summed E-state index contributed by atoms with van der Waals surface area (Å²) in [6, 6.07) is 6.59. The molecule has 0 saturated heterocycles. The Hall–Kier alpha value is -1.55. The van der Waals surface area contributed by atoms with Gasteiger partial charge in [0.25, 0.3) is 0 Å². The van der Waals surface area contributed by atoms with Crippen molar-refractivity contribution in [3.63, 3.8) is 0 Å². The second-order valence-corrected chi connectivity index (χ2v) is 3.50. The smallest absolute Gasteiger partial charge is 0.397 e. The number of benzene rings is 1. The van der Waals surface area contributed by atoms with Crippen molar-refractivity contribution in [3.8, 4) is 0 Å². The topological polar surface area (TPSA) is 46.6 Å². The number of ether oxygens (including phenoxy) is 1. The molecule has 0 heterocycles. The number of hydrogen-bond acceptors (Lipinski definition) is 3. The maximum atomic E-state index is 11.5. The Morgan fingerprint density at radius 2 is 1.88 bits per heavy atom. The molecule has 86 valence electrons. The maximum Gasteiger partial charge on any atom is 0.397 e. The van der Waals surface area contributed by atoms with Crippen molar-refractivity contribution >= 4 is 29.2 Å². The number of anilines is 1. The molecule has 16 heavy (non-hydrogen) atoms. The van der Waals surface area contributed by atoms with Crippen LogP contribution in [0.3, 0.4) is 0 Å². The van der Waals surface area contributed by atoms with Gasteiger partial charge in [0.05, 0.1) is 6.61 Å². The van der Waals surface area contributed by atoms with Gasteiger partial charge in [-0.25, -0.2) is 4.79 Å². The first-order valence-corrected chi connectivity index (χ1v) is 5.14. The number of carbonyl (C=O) groups excluding carboxylic acids is 2. The summed E-state index contributed by atoms with van der Waals surface area (Å²) in [7, 11) is 1.50. The molecule has 0 fully saturated rings. The van der Waals surface area contributed by atoms with E-state index in [1.165, 1.54) is 11.9 Å². The summed E-state index contributed by atoms with van der Waals surface area (Å²) >= 11 is 5.71. The van der Waals surface area contributed by atoms with Gasteiger partial charge in [0, 0.05) is 17.8 Å². The van der Waals surface area contributed by atoms with Crippen molar-refractivity contribution in [1.82, 2.24) is 0 Å². The van der Waals surface area contributed by atoms with E-state index in [2.05, 4.69) is 4.74 Å². The molecule has 0 unspecified atom stereocenters. The van der Waals surface area contributed by atoms with Gasteiger partial charge in [-0.2, -0.15) is 0 Å². The minimum Gasteiger partial charge on any atom is -0.459 e. The van der Waals surface area contributed by atoms with Crippen LogP contribution in [0.5, 0.6) is 0 Å². The fourth-order valence-electron chi connectivity index (χ4n) is 1.11. The number of carbonyl (C=O) groups is 2. The molecule has 1 aromatic carbocycles. The summed E-state index contributed by atoms with van der Waals surface area (Å²) in [6.45, 7) is 1.83. The van der Waals surface area contributed by atoms with Gasteiger partial charge >= 0.3 is 11.9 Å². The molecule has 0 saturated carbocycles. The number of halogens is 1. The highest BCUT2D eigenvalue weighted by Crippen LogP contribution is 2.16. The van der Waals surface area contributed by atoms with Gasteiger partial charge in [0.15, 0.2) is 0 Å². The lowest BCUT2D eigenvalue weighted by molar-refractivity contribution is -0.153. The zero-order valence-electron chi connectivity index (χ0n) is 9.07. The normalized spacial score (nSPS) is 9.69. The molecule has 0 aliphatic carbocycles. The van der Waals surface area contributed by atoms with Gasteiger partial charge < -0.3 is 9.64 Å². The van der Waals surface area contributed by atoms with E-state index in [4.69, 9.17) is 11.6 Å². The predicted octanol–water partition coefficient (Wildman–Crippen LogP) is 1.87. The van der Waals surface area contributed by atoms with E-state index in [9.17, 15) is 9.59 Å². The fraction of sp³-hybridized carbons (Fsp3) is 0.273. The van der Waals surface area contributed by atoms with Crippen molar-refractivity contribution in [3.05, 3.63) is 29.3 Å². The Labute approximate surface area is 98.8 Å². The summed E-state index contributed by atoms with van der Waals surface area (Å²) in [6.07, 6.45) is 0. The van der Waals surface area contributed by atoms with Gasteiger partial charge in [0.2, 0.25) is 0 Å². The average molecular weight is 242 g/mol. The summed E-state index contributed by atoms with van der Waals surface area (Å²) in [5.41, 5.74) is 0.586. The van der Waals surface area contributed by atoms with Crippen LogP contribution in [0, 0.1) is 0 Å². The number of rotatable bonds is 2. The average Bonchev–Trinajstić information content (AvgIpc) is 2.28. The molecule has 1 rings (SSSR count). The minimum atomic E-state index is -0.861. The van der Waals surface area contributed by atoms with Gasteiger partial charge in [-0.1, -0.05) is 11.6 Å². The van der Waals surface area contributed by atoms with Crippen LogP contribution in [0.2, 0.25) is 5.02 Å². The Balaban J connectivity index is 2.77. The summed E-state index contributed by atoms with van der Waals surface area (Å²) in [5.74, 6) is -1.57. The Morgan fingerprint density at radius 3 is 2.38 bits per heavy atom.